The molecule has 19 heavy (non-hydrogen) atoms. The Balaban J connectivity index is 2.71. The lowest BCUT2D eigenvalue weighted by Crippen LogP contribution is -2.36. The van der Waals surface area contributed by atoms with Gasteiger partial charge in [-0.05, 0) is 37.6 Å². The van der Waals surface area contributed by atoms with Crippen LogP contribution >= 0.6 is 0 Å². The molecule has 0 saturated carbocycles. The molecule has 0 bridgehead atoms. The van der Waals surface area contributed by atoms with Gasteiger partial charge in [-0.25, -0.2) is 4.39 Å². The lowest BCUT2D eigenvalue weighted by atomic mass is 9.88. The Morgan fingerprint density at radius 1 is 1.37 bits per heavy atom. The molecule has 106 valence electrons. The highest BCUT2D eigenvalue weighted by Gasteiger charge is 2.24. The van der Waals surface area contributed by atoms with Crippen LogP contribution in [-0.4, -0.2) is 24.1 Å². The van der Waals surface area contributed by atoms with Crippen molar-refractivity contribution >= 4 is 11.5 Å². The van der Waals surface area contributed by atoms with Crippen LogP contribution in [0.2, 0.25) is 0 Å². The fourth-order valence-corrected chi connectivity index (χ4v) is 1.80. The van der Waals surface area contributed by atoms with E-state index in [9.17, 15) is 4.39 Å². The molecule has 0 aliphatic rings. The van der Waals surface area contributed by atoms with Gasteiger partial charge in [0.1, 0.15) is 11.7 Å². The molecule has 5 heteroatoms. The van der Waals surface area contributed by atoms with Crippen molar-refractivity contribution in [3.8, 4) is 0 Å². The van der Waals surface area contributed by atoms with E-state index >= 15 is 0 Å². The molecular weight excluding hydrogens is 245 g/mol. The van der Waals surface area contributed by atoms with Crippen LogP contribution in [0.1, 0.15) is 27.2 Å². The van der Waals surface area contributed by atoms with Crippen molar-refractivity contribution in [3.05, 3.63) is 30.1 Å². The number of benzene rings is 1. The van der Waals surface area contributed by atoms with Crippen molar-refractivity contribution in [2.24, 2.45) is 16.3 Å². The fourth-order valence-electron chi connectivity index (χ4n) is 1.80. The Kier molecular flexibility index (Phi) is 5.15. The van der Waals surface area contributed by atoms with E-state index < -0.39 is 0 Å². The van der Waals surface area contributed by atoms with Crippen LogP contribution in [0.4, 0.5) is 10.1 Å². The van der Waals surface area contributed by atoms with Crippen LogP contribution in [0.15, 0.2) is 29.4 Å². The van der Waals surface area contributed by atoms with Gasteiger partial charge < -0.3 is 15.8 Å². The molecule has 0 aliphatic heterocycles. The lowest BCUT2D eigenvalue weighted by molar-refractivity contribution is 0.305. The zero-order valence-electron chi connectivity index (χ0n) is 11.7. The van der Waals surface area contributed by atoms with E-state index in [1.807, 2.05) is 20.8 Å². The van der Waals surface area contributed by atoms with Gasteiger partial charge in [-0.2, -0.15) is 0 Å². The summed E-state index contributed by atoms with van der Waals surface area (Å²) in [6.45, 7) is 7.48. The van der Waals surface area contributed by atoms with Gasteiger partial charge in [0.15, 0.2) is 0 Å². The molecule has 1 aromatic rings. The lowest BCUT2D eigenvalue weighted by Gasteiger charge is -2.29. The van der Waals surface area contributed by atoms with Crippen molar-refractivity contribution in [1.29, 1.82) is 0 Å². The fraction of sp³-hybridized carbons (Fsp3) is 0.500. The van der Waals surface area contributed by atoms with E-state index in [0.717, 1.165) is 25.2 Å². The van der Waals surface area contributed by atoms with E-state index in [4.69, 9.17) is 10.9 Å². The summed E-state index contributed by atoms with van der Waals surface area (Å²) in [5.41, 5.74) is 6.27. The van der Waals surface area contributed by atoms with Gasteiger partial charge in [0.05, 0.1) is 0 Å². The van der Waals surface area contributed by atoms with Crippen molar-refractivity contribution in [1.82, 2.24) is 0 Å². The Labute approximate surface area is 113 Å². The summed E-state index contributed by atoms with van der Waals surface area (Å²) in [4.78, 5) is 2.13. The second-order valence-electron chi connectivity index (χ2n) is 5.18. The summed E-state index contributed by atoms with van der Waals surface area (Å²) in [5, 5.41) is 11.8. The second kappa shape index (κ2) is 6.41. The van der Waals surface area contributed by atoms with Crippen LogP contribution in [0.3, 0.4) is 0 Å². The van der Waals surface area contributed by atoms with Gasteiger partial charge in [0.25, 0.3) is 0 Å². The van der Waals surface area contributed by atoms with E-state index in [1.165, 1.54) is 12.1 Å². The second-order valence-corrected chi connectivity index (χ2v) is 5.18. The quantitative estimate of drug-likeness (QED) is 0.360. The molecule has 0 aromatic heterocycles. The Hall–Kier alpha value is -1.78. The van der Waals surface area contributed by atoms with E-state index in [0.29, 0.717) is 0 Å². The number of rotatable bonds is 6. The van der Waals surface area contributed by atoms with Gasteiger partial charge in [-0.1, -0.05) is 19.0 Å². The zero-order valence-corrected chi connectivity index (χ0v) is 11.7. The number of oxime groups is 1. The molecule has 0 saturated heterocycles. The third kappa shape index (κ3) is 4.12. The van der Waals surface area contributed by atoms with Gasteiger partial charge in [-0.15, -0.1) is 0 Å². The van der Waals surface area contributed by atoms with E-state index in [-0.39, 0.29) is 17.1 Å². The van der Waals surface area contributed by atoms with Crippen LogP contribution in [0.5, 0.6) is 0 Å². The smallest absolute Gasteiger partial charge is 0.144 e. The van der Waals surface area contributed by atoms with Gasteiger partial charge in [0, 0.05) is 24.2 Å². The molecular formula is C14H22FN3O. The first-order chi connectivity index (χ1) is 8.90. The van der Waals surface area contributed by atoms with Crippen molar-refractivity contribution in [2.75, 3.05) is 18.0 Å². The average Bonchev–Trinajstić information content (AvgIpc) is 2.40. The largest absolute Gasteiger partial charge is 0.409 e. The first kappa shape index (κ1) is 15.3. The summed E-state index contributed by atoms with van der Waals surface area (Å²) in [7, 11) is 0. The predicted molar refractivity (Wildman–Crippen MR) is 76.1 cm³/mol. The molecule has 0 amide bonds. The van der Waals surface area contributed by atoms with Gasteiger partial charge in [0.2, 0.25) is 0 Å². The topological polar surface area (TPSA) is 61.8 Å². The van der Waals surface area contributed by atoms with E-state index in [2.05, 4.69) is 10.1 Å². The number of hydrogen-bond acceptors (Lipinski definition) is 3. The highest BCUT2D eigenvalue weighted by molar-refractivity contribution is 5.85. The Bertz CT molecular complexity index is 429. The van der Waals surface area contributed by atoms with Crippen LogP contribution < -0.4 is 10.6 Å². The molecule has 4 nitrogen and oxygen atoms in total. The molecule has 1 rings (SSSR count). The molecule has 0 spiro atoms. The molecule has 0 unspecified atom stereocenters. The Morgan fingerprint density at radius 2 is 1.95 bits per heavy atom. The third-order valence-corrected chi connectivity index (χ3v) is 3.38. The highest BCUT2D eigenvalue weighted by atomic mass is 19.1. The molecule has 0 atom stereocenters. The number of anilines is 1. The van der Waals surface area contributed by atoms with Crippen LogP contribution in [-0.2, 0) is 0 Å². The van der Waals surface area contributed by atoms with Crippen molar-refractivity contribution in [3.63, 3.8) is 0 Å². The molecule has 0 heterocycles. The molecule has 1 aromatic carbocycles. The number of halogens is 1. The third-order valence-electron chi connectivity index (χ3n) is 3.38. The maximum atomic E-state index is 12.9. The number of nitrogens with two attached hydrogens (primary N) is 1. The van der Waals surface area contributed by atoms with Crippen LogP contribution in [0.25, 0.3) is 0 Å². The molecule has 0 radical (unpaired) electrons. The molecule has 0 fully saturated rings. The summed E-state index contributed by atoms with van der Waals surface area (Å²) < 4.78 is 12.9. The van der Waals surface area contributed by atoms with Gasteiger partial charge >= 0.3 is 0 Å². The molecule has 0 aliphatic carbocycles. The predicted octanol–water partition coefficient (Wildman–Crippen LogP) is 2.81. The summed E-state index contributed by atoms with van der Waals surface area (Å²) in [5.74, 6) is -0.0144. The van der Waals surface area contributed by atoms with E-state index in [1.54, 1.807) is 12.1 Å². The monoisotopic (exact) mass is 267 g/mol. The number of nitrogens with zero attached hydrogens (tertiary/aromatic N) is 2. The normalized spacial score (nSPS) is 12.5. The standard InChI is InChI=1S/C14H22FN3O/c1-4-18(12-7-5-11(15)6-8-12)10-9-14(2,3)13(16)17-19/h5-8,19H,4,9-10H2,1-3H3,(H2,16,17). The Morgan fingerprint density at radius 3 is 2.42 bits per heavy atom. The van der Waals surface area contributed by atoms with Crippen molar-refractivity contribution < 1.29 is 9.60 Å². The first-order valence-electron chi connectivity index (χ1n) is 6.39. The summed E-state index contributed by atoms with van der Waals surface area (Å²) in [6, 6.07) is 6.42. The summed E-state index contributed by atoms with van der Waals surface area (Å²) >= 11 is 0. The maximum absolute atomic E-state index is 12.9. The SMILES string of the molecule is CCN(CCC(C)(C)C(N)=NO)c1ccc(F)cc1. The van der Waals surface area contributed by atoms with Crippen LogP contribution in [0, 0.1) is 11.2 Å². The minimum Gasteiger partial charge on any atom is -0.409 e. The number of amidine groups is 1. The summed E-state index contributed by atoms with van der Waals surface area (Å²) in [6.07, 6.45) is 0.744. The minimum absolute atomic E-state index is 0.225. The highest BCUT2D eigenvalue weighted by Crippen LogP contribution is 2.23. The first-order valence-corrected chi connectivity index (χ1v) is 6.39. The average molecular weight is 267 g/mol. The number of hydrogen-bond donors (Lipinski definition) is 2. The van der Waals surface area contributed by atoms with Gasteiger partial charge in [-0.3, -0.25) is 0 Å². The zero-order chi connectivity index (χ0) is 14.5. The molecule has 3 N–H and O–H groups in total. The maximum Gasteiger partial charge on any atom is 0.144 e. The minimum atomic E-state index is -0.373. The van der Waals surface area contributed by atoms with Crippen molar-refractivity contribution in [2.45, 2.75) is 27.2 Å².